The van der Waals surface area contributed by atoms with Crippen molar-refractivity contribution in [2.45, 2.75) is 19.5 Å². The number of nitrogens with zero attached hydrogens (tertiary/aromatic N) is 3. The summed E-state index contributed by atoms with van der Waals surface area (Å²) < 4.78 is 7.68. The maximum absolute atomic E-state index is 5.49. The van der Waals surface area contributed by atoms with E-state index in [-0.39, 0.29) is 6.04 Å². The van der Waals surface area contributed by atoms with Crippen LogP contribution in [0.2, 0.25) is 0 Å². The van der Waals surface area contributed by atoms with Crippen LogP contribution in [0.25, 0.3) is 5.69 Å². The second-order valence-corrected chi connectivity index (χ2v) is 5.18. The van der Waals surface area contributed by atoms with Gasteiger partial charge in [-0.25, -0.2) is 0 Å². The fourth-order valence-corrected chi connectivity index (χ4v) is 2.44. The molecule has 3 rings (SSSR count). The van der Waals surface area contributed by atoms with Crippen molar-refractivity contribution in [1.29, 1.82) is 0 Å². The van der Waals surface area contributed by atoms with Gasteiger partial charge < -0.3 is 8.98 Å². The van der Waals surface area contributed by atoms with Crippen molar-refractivity contribution in [2.75, 3.05) is 7.05 Å². The molecule has 4 nitrogen and oxygen atoms in total. The molecule has 0 aliphatic heterocycles. The minimum atomic E-state index is 0.237. The molecule has 0 fully saturated rings. The van der Waals surface area contributed by atoms with E-state index < -0.39 is 0 Å². The third kappa shape index (κ3) is 2.90. The van der Waals surface area contributed by atoms with E-state index in [4.69, 9.17) is 4.42 Å². The first kappa shape index (κ1) is 13.6. The summed E-state index contributed by atoms with van der Waals surface area (Å²) in [5.74, 6) is 0.986. The summed E-state index contributed by atoms with van der Waals surface area (Å²) in [6, 6.07) is 12.4. The first-order chi connectivity index (χ1) is 10.3. The molecule has 3 aromatic heterocycles. The maximum atomic E-state index is 5.49. The highest BCUT2D eigenvalue weighted by Crippen LogP contribution is 2.22. The van der Waals surface area contributed by atoms with Crippen LogP contribution in [0.1, 0.15) is 24.4 Å². The Bertz CT molecular complexity index is 673. The Balaban J connectivity index is 1.78. The van der Waals surface area contributed by atoms with Crippen LogP contribution in [-0.4, -0.2) is 21.5 Å². The van der Waals surface area contributed by atoms with Crippen LogP contribution >= 0.6 is 0 Å². The van der Waals surface area contributed by atoms with E-state index in [1.807, 2.05) is 36.7 Å². The van der Waals surface area contributed by atoms with E-state index in [1.54, 1.807) is 6.26 Å². The third-order valence-electron chi connectivity index (χ3n) is 3.80. The first-order valence-corrected chi connectivity index (χ1v) is 7.06. The van der Waals surface area contributed by atoms with Crippen molar-refractivity contribution in [3.8, 4) is 5.69 Å². The lowest BCUT2D eigenvalue weighted by Gasteiger charge is -2.23. The highest BCUT2D eigenvalue weighted by atomic mass is 16.3. The number of furan rings is 1. The zero-order valence-corrected chi connectivity index (χ0v) is 12.3. The van der Waals surface area contributed by atoms with E-state index in [9.17, 15) is 0 Å². The van der Waals surface area contributed by atoms with Gasteiger partial charge in [0, 0.05) is 36.5 Å². The Morgan fingerprint density at radius 3 is 2.71 bits per heavy atom. The quantitative estimate of drug-likeness (QED) is 0.715. The van der Waals surface area contributed by atoms with Gasteiger partial charge in [-0.15, -0.1) is 0 Å². The van der Waals surface area contributed by atoms with E-state index >= 15 is 0 Å². The summed E-state index contributed by atoms with van der Waals surface area (Å²) in [6.45, 7) is 3.00. The largest absolute Gasteiger partial charge is 0.468 e. The standard InChI is InChI=1S/C17H19N3O/c1-14(17-6-4-12-21-17)19(2)13-16-5-3-11-20(16)15-7-9-18-10-8-15/h3-12,14H,13H2,1-2H3. The van der Waals surface area contributed by atoms with Gasteiger partial charge in [0.15, 0.2) is 0 Å². The normalized spacial score (nSPS) is 12.7. The Morgan fingerprint density at radius 2 is 2.00 bits per heavy atom. The molecule has 3 aromatic rings. The molecule has 0 spiro atoms. The smallest absolute Gasteiger partial charge is 0.120 e. The Labute approximate surface area is 124 Å². The molecule has 0 saturated carbocycles. The Kier molecular flexibility index (Phi) is 3.88. The molecule has 0 aliphatic carbocycles. The van der Waals surface area contributed by atoms with Gasteiger partial charge in [-0.1, -0.05) is 0 Å². The fourth-order valence-electron chi connectivity index (χ4n) is 2.44. The van der Waals surface area contributed by atoms with Crippen molar-refractivity contribution in [3.63, 3.8) is 0 Å². The zero-order valence-electron chi connectivity index (χ0n) is 12.3. The van der Waals surface area contributed by atoms with E-state index in [2.05, 4.69) is 46.8 Å². The topological polar surface area (TPSA) is 34.2 Å². The molecule has 0 N–H and O–H groups in total. The molecule has 21 heavy (non-hydrogen) atoms. The molecule has 0 aromatic carbocycles. The monoisotopic (exact) mass is 281 g/mol. The number of pyridine rings is 1. The van der Waals surface area contributed by atoms with Crippen LogP contribution in [0.4, 0.5) is 0 Å². The maximum Gasteiger partial charge on any atom is 0.120 e. The van der Waals surface area contributed by atoms with Gasteiger partial charge in [0.1, 0.15) is 5.76 Å². The van der Waals surface area contributed by atoms with Crippen molar-refractivity contribution >= 4 is 0 Å². The molecule has 1 unspecified atom stereocenters. The van der Waals surface area contributed by atoms with Crippen LogP contribution in [0.3, 0.4) is 0 Å². The third-order valence-corrected chi connectivity index (χ3v) is 3.80. The Morgan fingerprint density at radius 1 is 1.19 bits per heavy atom. The van der Waals surface area contributed by atoms with Crippen LogP contribution in [-0.2, 0) is 6.54 Å². The second kappa shape index (κ2) is 5.97. The molecular formula is C17H19N3O. The number of hydrogen-bond acceptors (Lipinski definition) is 3. The van der Waals surface area contributed by atoms with E-state index in [0.717, 1.165) is 18.0 Å². The summed E-state index contributed by atoms with van der Waals surface area (Å²) in [5, 5.41) is 0. The molecule has 0 bridgehead atoms. The van der Waals surface area contributed by atoms with Crippen LogP contribution in [0.15, 0.2) is 65.7 Å². The average molecular weight is 281 g/mol. The van der Waals surface area contributed by atoms with Gasteiger partial charge in [-0.2, -0.15) is 0 Å². The predicted molar refractivity (Wildman–Crippen MR) is 82.2 cm³/mol. The molecule has 0 saturated heterocycles. The molecule has 1 atom stereocenters. The second-order valence-electron chi connectivity index (χ2n) is 5.18. The summed E-state index contributed by atoms with van der Waals surface area (Å²) in [4.78, 5) is 6.34. The fraction of sp³-hybridized carbons (Fsp3) is 0.235. The van der Waals surface area contributed by atoms with Crippen molar-refractivity contribution in [2.24, 2.45) is 0 Å². The highest BCUT2D eigenvalue weighted by molar-refractivity contribution is 5.32. The average Bonchev–Trinajstić information content (AvgIpc) is 3.19. The van der Waals surface area contributed by atoms with Crippen LogP contribution in [0, 0.1) is 0 Å². The predicted octanol–water partition coefficient (Wildman–Crippen LogP) is 3.66. The summed E-state index contributed by atoms with van der Waals surface area (Å²) >= 11 is 0. The Hall–Kier alpha value is -2.33. The lowest BCUT2D eigenvalue weighted by Crippen LogP contribution is -2.22. The number of rotatable bonds is 5. The van der Waals surface area contributed by atoms with Gasteiger partial charge in [0.25, 0.3) is 0 Å². The van der Waals surface area contributed by atoms with Gasteiger partial charge in [0.2, 0.25) is 0 Å². The molecule has 3 heterocycles. The number of hydrogen-bond donors (Lipinski definition) is 0. The molecule has 4 heteroatoms. The summed E-state index contributed by atoms with van der Waals surface area (Å²) in [6.07, 6.45) is 7.43. The minimum Gasteiger partial charge on any atom is -0.468 e. The van der Waals surface area contributed by atoms with Gasteiger partial charge in [-0.05, 0) is 50.4 Å². The molecule has 108 valence electrons. The first-order valence-electron chi connectivity index (χ1n) is 7.06. The van der Waals surface area contributed by atoms with Crippen LogP contribution < -0.4 is 0 Å². The summed E-state index contributed by atoms with van der Waals surface area (Å²) in [7, 11) is 2.11. The van der Waals surface area contributed by atoms with Crippen molar-refractivity contribution in [3.05, 3.63) is 72.7 Å². The lowest BCUT2D eigenvalue weighted by molar-refractivity contribution is 0.220. The van der Waals surface area contributed by atoms with Crippen molar-refractivity contribution in [1.82, 2.24) is 14.5 Å². The summed E-state index contributed by atoms with van der Waals surface area (Å²) in [5.41, 5.74) is 2.37. The minimum absolute atomic E-state index is 0.237. The lowest BCUT2D eigenvalue weighted by atomic mass is 10.2. The highest BCUT2D eigenvalue weighted by Gasteiger charge is 2.15. The van der Waals surface area contributed by atoms with Gasteiger partial charge in [0.05, 0.1) is 12.3 Å². The molecule has 0 aliphatic rings. The molecule has 0 amide bonds. The van der Waals surface area contributed by atoms with E-state index in [1.165, 1.54) is 5.69 Å². The van der Waals surface area contributed by atoms with E-state index in [0.29, 0.717) is 0 Å². The molecule has 0 radical (unpaired) electrons. The van der Waals surface area contributed by atoms with Gasteiger partial charge in [-0.3, -0.25) is 9.88 Å². The number of aromatic nitrogens is 2. The zero-order chi connectivity index (χ0) is 14.7. The van der Waals surface area contributed by atoms with Crippen LogP contribution in [0.5, 0.6) is 0 Å². The van der Waals surface area contributed by atoms with Crippen molar-refractivity contribution < 1.29 is 4.42 Å². The van der Waals surface area contributed by atoms with Gasteiger partial charge >= 0.3 is 0 Å². The SMILES string of the molecule is CC(c1ccco1)N(C)Cc1cccn1-c1ccncc1. The molecular weight excluding hydrogens is 262 g/mol.